The van der Waals surface area contributed by atoms with Gasteiger partial charge in [-0.25, -0.2) is 40.3 Å². The van der Waals surface area contributed by atoms with Gasteiger partial charge in [0, 0.05) is 23.6 Å². The van der Waals surface area contributed by atoms with Crippen LogP contribution in [-0.4, -0.2) is 54.9 Å². The number of carbonyl (C=O) groups is 1. The Hall–Kier alpha value is -4.40. The third-order valence-corrected chi connectivity index (χ3v) is 8.25. The lowest BCUT2D eigenvalue weighted by atomic mass is 10.1. The standard InChI is InChI=1S/C27H21F5N4O5S/c1-40-27-16(3-5-19(36-27)23(30)25(31)32)18-4-2-13-11-33-15(10-20(13)35-18)12-34-26(37)14-8-17(28)24-21(9-14)42(38,39)22(29)6-7-41-24/h2-5,8-11,22-23,25H,6-7,12H2,1H3,(H,34,37)/t22-,23+/m1/s1. The van der Waals surface area contributed by atoms with Gasteiger partial charge in [-0.3, -0.25) is 9.78 Å². The van der Waals surface area contributed by atoms with Crippen LogP contribution in [0.2, 0.25) is 0 Å². The number of nitrogens with one attached hydrogen (secondary N) is 1. The molecule has 4 aromatic rings. The first-order valence-corrected chi connectivity index (χ1v) is 13.9. The summed E-state index contributed by atoms with van der Waals surface area (Å²) in [7, 11) is -3.31. The van der Waals surface area contributed by atoms with Gasteiger partial charge >= 0.3 is 0 Å². The number of sulfone groups is 1. The van der Waals surface area contributed by atoms with Crippen LogP contribution in [0.25, 0.3) is 22.2 Å². The van der Waals surface area contributed by atoms with Gasteiger partial charge in [-0.1, -0.05) is 0 Å². The summed E-state index contributed by atoms with van der Waals surface area (Å²) in [5.74, 6) is -2.71. The molecule has 0 unspecified atom stereocenters. The second kappa shape index (κ2) is 11.5. The number of nitrogens with zero attached hydrogens (tertiary/aromatic N) is 3. The van der Waals surface area contributed by atoms with Crippen LogP contribution in [0.3, 0.4) is 0 Å². The smallest absolute Gasteiger partial charge is 0.275 e. The molecule has 0 fully saturated rings. The van der Waals surface area contributed by atoms with Crippen molar-refractivity contribution in [2.24, 2.45) is 0 Å². The maximum absolute atomic E-state index is 14.6. The molecule has 1 amide bonds. The molecule has 0 aliphatic carbocycles. The summed E-state index contributed by atoms with van der Waals surface area (Å²) in [5, 5.41) is 3.12. The Balaban J connectivity index is 1.38. The van der Waals surface area contributed by atoms with Gasteiger partial charge in [0.05, 0.1) is 48.4 Å². The average Bonchev–Trinajstić information content (AvgIpc) is 3.09. The van der Waals surface area contributed by atoms with Crippen LogP contribution in [-0.2, 0) is 16.4 Å². The predicted octanol–water partition coefficient (Wildman–Crippen LogP) is 4.90. The lowest BCUT2D eigenvalue weighted by molar-refractivity contribution is 0.0470. The fraction of sp³-hybridized carbons (Fsp3) is 0.259. The molecule has 5 rings (SSSR count). The summed E-state index contributed by atoms with van der Waals surface area (Å²) in [4.78, 5) is 24.6. The van der Waals surface area contributed by atoms with Gasteiger partial charge in [0.25, 0.3) is 12.3 Å². The molecule has 0 spiro atoms. The summed E-state index contributed by atoms with van der Waals surface area (Å²) in [6.07, 6.45) is -4.83. The molecule has 0 bridgehead atoms. The zero-order valence-electron chi connectivity index (χ0n) is 21.7. The van der Waals surface area contributed by atoms with Gasteiger partial charge in [0.1, 0.15) is 4.90 Å². The maximum atomic E-state index is 14.6. The molecule has 4 heterocycles. The van der Waals surface area contributed by atoms with E-state index in [-0.39, 0.29) is 24.6 Å². The molecule has 220 valence electrons. The lowest BCUT2D eigenvalue weighted by Gasteiger charge is -2.12. The molecule has 15 heteroatoms. The molecular weight excluding hydrogens is 587 g/mol. The fourth-order valence-corrected chi connectivity index (χ4v) is 5.65. The number of fused-ring (bicyclic) bond motifs is 2. The number of amides is 1. The Bertz CT molecular complexity index is 1790. The molecule has 0 saturated carbocycles. The van der Waals surface area contributed by atoms with E-state index in [1.807, 2.05) is 0 Å². The van der Waals surface area contributed by atoms with Crippen molar-refractivity contribution >= 4 is 26.6 Å². The third kappa shape index (κ3) is 5.55. The van der Waals surface area contributed by atoms with Gasteiger partial charge in [0.2, 0.25) is 27.4 Å². The van der Waals surface area contributed by atoms with E-state index in [1.54, 1.807) is 18.2 Å². The van der Waals surface area contributed by atoms with Crippen molar-refractivity contribution in [2.75, 3.05) is 13.7 Å². The molecule has 1 aliphatic heterocycles. The van der Waals surface area contributed by atoms with E-state index in [2.05, 4.69) is 20.3 Å². The zero-order valence-corrected chi connectivity index (χ0v) is 22.5. The first kappa shape index (κ1) is 29.1. The number of rotatable bonds is 7. The number of ether oxygens (including phenoxy) is 2. The first-order valence-electron chi connectivity index (χ1n) is 12.3. The van der Waals surface area contributed by atoms with E-state index in [9.17, 15) is 35.2 Å². The third-order valence-electron chi connectivity index (χ3n) is 6.42. The van der Waals surface area contributed by atoms with Crippen molar-refractivity contribution in [3.05, 3.63) is 71.4 Å². The number of halogens is 5. The van der Waals surface area contributed by atoms with E-state index in [4.69, 9.17) is 9.47 Å². The van der Waals surface area contributed by atoms with E-state index in [0.717, 1.165) is 18.2 Å². The van der Waals surface area contributed by atoms with Gasteiger partial charge in [0.15, 0.2) is 11.6 Å². The Morgan fingerprint density at radius 2 is 1.93 bits per heavy atom. The second-order valence-corrected chi connectivity index (χ2v) is 11.2. The number of alkyl halides is 4. The molecule has 0 radical (unpaired) electrons. The highest BCUT2D eigenvalue weighted by Crippen LogP contribution is 2.36. The Morgan fingerprint density at radius 3 is 2.67 bits per heavy atom. The van der Waals surface area contributed by atoms with Crippen LogP contribution >= 0.6 is 0 Å². The molecule has 1 aliphatic rings. The largest absolute Gasteiger partial charge is 0.489 e. The van der Waals surface area contributed by atoms with Crippen LogP contribution in [0.1, 0.15) is 34.3 Å². The number of benzene rings is 1. The number of pyridine rings is 3. The van der Waals surface area contributed by atoms with Gasteiger partial charge in [-0.2, -0.15) is 0 Å². The van der Waals surface area contributed by atoms with Gasteiger partial charge in [-0.15, -0.1) is 0 Å². The van der Waals surface area contributed by atoms with Crippen LogP contribution < -0.4 is 14.8 Å². The average molecular weight is 609 g/mol. The van der Waals surface area contributed by atoms with Crippen LogP contribution in [0.15, 0.2) is 53.6 Å². The Kier molecular flexibility index (Phi) is 7.95. The topological polar surface area (TPSA) is 120 Å². The predicted molar refractivity (Wildman–Crippen MR) is 139 cm³/mol. The van der Waals surface area contributed by atoms with Crippen LogP contribution in [0.5, 0.6) is 11.6 Å². The number of hydrogen-bond acceptors (Lipinski definition) is 8. The minimum atomic E-state index is -4.57. The summed E-state index contributed by atoms with van der Waals surface area (Å²) in [6.45, 7) is -0.510. The van der Waals surface area contributed by atoms with Crippen molar-refractivity contribution in [1.82, 2.24) is 20.3 Å². The minimum absolute atomic E-state index is 0.108. The van der Waals surface area contributed by atoms with Crippen LogP contribution in [0, 0.1) is 5.82 Å². The fourth-order valence-electron chi connectivity index (χ4n) is 4.26. The maximum Gasteiger partial charge on any atom is 0.275 e. The minimum Gasteiger partial charge on any atom is -0.489 e. The summed E-state index contributed by atoms with van der Waals surface area (Å²) in [5.41, 5.74) is -1.76. The number of hydrogen-bond donors (Lipinski definition) is 1. The normalized spacial score (nSPS) is 16.8. The van der Waals surface area contributed by atoms with Crippen molar-refractivity contribution in [3.63, 3.8) is 0 Å². The summed E-state index contributed by atoms with van der Waals surface area (Å²) < 4.78 is 103. The number of methoxy groups -OCH3 is 1. The van der Waals surface area contributed by atoms with Crippen molar-refractivity contribution in [1.29, 1.82) is 0 Å². The zero-order chi connectivity index (χ0) is 30.2. The molecule has 9 nitrogen and oxygen atoms in total. The highest BCUT2D eigenvalue weighted by atomic mass is 32.2. The second-order valence-electron chi connectivity index (χ2n) is 9.15. The Morgan fingerprint density at radius 1 is 1.14 bits per heavy atom. The number of aromatic nitrogens is 3. The van der Waals surface area contributed by atoms with E-state index in [0.29, 0.717) is 27.9 Å². The molecule has 1 N–H and O–H groups in total. The molecule has 2 atom stereocenters. The highest BCUT2D eigenvalue weighted by molar-refractivity contribution is 7.92. The van der Waals surface area contributed by atoms with E-state index >= 15 is 0 Å². The quantitative estimate of drug-likeness (QED) is 0.295. The monoisotopic (exact) mass is 608 g/mol. The van der Waals surface area contributed by atoms with Gasteiger partial charge < -0.3 is 14.8 Å². The summed E-state index contributed by atoms with van der Waals surface area (Å²) in [6, 6.07) is 8.97. The van der Waals surface area contributed by atoms with Gasteiger partial charge in [-0.05, 0) is 42.5 Å². The molecule has 42 heavy (non-hydrogen) atoms. The molecular formula is C27H21F5N4O5S. The van der Waals surface area contributed by atoms with Crippen molar-refractivity contribution in [2.45, 2.75) is 36.0 Å². The Labute approximate surface area is 235 Å². The number of carbonyl (C=O) groups excluding carboxylic acids is 1. The first-order chi connectivity index (χ1) is 20.0. The summed E-state index contributed by atoms with van der Waals surface area (Å²) >= 11 is 0. The molecule has 1 aromatic carbocycles. The molecule has 3 aromatic heterocycles. The van der Waals surface area contributed by atoms with Crippen LogP contribution in [0.4, 0.5) is 22.0 Å². The van der Waals surface area contributed by atoms with E-state index < -0.39 is 62.4 Å². The van der Waals surface area contributed by atoms with Crippen molar-refractivity contribution < 1.29 is 44.6 Å². The SMILES string of the molecule is COc1nc([C@H](F)C(F)F)ccc1-c1ccc2cnc(CNC(=O)c3cc(F)c4c(c3)S(=O)(=O)[C@@H](F)CCO4)cc2n1. The lowest BCUT2D eigenvalue weighted by Crippen LogP contribution is -2.24. The molecule has 0 saturated heterocycles. The van der Waals surface area contributed by atoms with Crippen molar-refractivity contribution in [3.8, 4) is 22.9 Å². The van der Waals surface area contributed by atoms with E-state index in [1.165, 1.54) is 19.4 Å². The highest BCUT2D eigenvalue weighted by Gasteiger charge is 2.35.